The zero-order valence-electron chi connectivity index (χ0n) is 16.5. The quantitative estimate of drug-likeness (QED) is 0.882. The van der Waals surface area contributed by atoms with Crippen LogP contribution >= 0.6 is 0 Å². The number of nitrogens with one attached hydrogen (secondary N) is 1. The fraction of sp³-hybridized carbons (Fsp3) is 0.810. The highest BCUT2D eigenvalue weighted by Gasteiger charge is 2.50. The summed E-state index contributed by atoms with van der Waals surface area (Å²) in [5.41, 5.74) is 1.39. The van der Waals surface area contributed by atoms with Crippen molar-refractivity contribution in [1.82, 2.24) is 20.3 Å². The molecule has 0 atom stereocenters. The number of aryl methyl sites for hydroxylation is 1. The van der Waals surface area contributed by atoms with Crippen LogP contribution in [0, 0.1) is 30.1 Å². The molecule has 27 heavy (non-hydrogen) atoms. The summed E-state index contributed by atoms with van der Waals surface area (Å²) in [6.07, 6.45) is 8.43. The average Bonchev–Trinajstić information content (AvgIpc) is 3.04. The Morgan fingerprint density at radius 2 is 1.78 bits per heavy atom. The van der Waals surface area contributed by atoms with E-state index in [9.17, 15) is 4.79 Å². The van der Waals surface area contributed by atoms with Gasteiger partial charge in [0.2, 0.25) is 0 Å². The van der Waals surface area contributed by atoms with Gasteiger partial charge in [0.05, 0.1) is 5.69 Å². The zero-order valence-corrected chi connectivity index (χ0v) is 16.5. The van der Waals surface area contributed by atoms with E-state index in [2.05, 4.69) is 15.4 Å². The summed E-state index contributed by atoms with van der Waals surface area (Å²) >= 11 is 0. The lowest BCUT2D eigenvalue weighted by Crippen LogP contribution is -2.55. The van der Waals surface area contributed by atoms with Gasteiger partial charge in [-0.05, 0) is 68.6 Å². The minimum absolute atomic E-state index is 0.141. The summed E-state index contributed by atoms with van der Waals surface area (Å²) in [6.45, 7) is 7.01. The number of hydrogen-bond donors (Lipinski definition) is 1. The number of rotatable bonds is 4. The normalized spacial score (nSPS) is 35.6. The fourth-order valence-electron chi connectivity index (χ4n) is 6.71. The molecule has 4 aliphatic carbocycles. The van der Waals surface area contributed by atoms with E-state index >= 15 is 0 Å². The third-order valence-electron chi connectivity index (χ3n) is 7.50. The van der Waals surface area contributed by atoms with Gasteiger partial charge in [0, 0.05) is 45.3 Å². The van der Waals surface area contributed by atoms with E-state index in [1.54, 1.807) is 0 Å². The van der Waals surface area contributed by atoms with Crippen LogP contribution in [0.15, 0.2) is 10.6 Å². The molecule has 0 spiro atoms. The summed E-state index contributed by atoms with van der Waals surface area (Å²) in [4.78, 5) is 17.1. The summed E-state index contributed by atoms with van der Waals surface area (Å²) in [6, 6.07) is 2.13. The standard InChI is InChI=1S/C21H32N4O2/c1-15-6-19(23-27-15)13-24-2-4-25(5-3-24)20(26)22-14-21-10-16-7-17(11-21)9-18(8-16)12-21/h6,16-18H,2-5,7-14H2,1H3,(H,22,26). The highest BCUT2D eigenvalue weighted by Crippen LogP contribution is 2.59. The molecule has 1 aromatic rings. The second-order valence-corrected chi connectivity index (χ2v) is 9.77. The first kappa shape index (κ1) is 17.5. The zero-order chi connectivity index (χ0) is 18.4. The minimum Gasteiger partial charge on any atom is -0.361 e. The van der Waals surface area contributed by atoms with Crippen molar-refractivity contribution in [1.29, 1.82) is 0 Å². The minimum atomic E-state index is 0.141. The largest absolute Gasteiger partial charge is 0.361 e. The third kappa shape index (κ3) is 3.60. The van der Waals surface area contributed by atoms with Gasteiger partial charge in [0.15, 0.2) is 0 Å². The molecule has 2 amide bonds. The number of hydrogen-bond acceptors (Lipinski definition) is 4. The van der Waals surface area contributed by atoms with E-state index in [1.807, 2.05) is 17.9 Å². The van der Waals surface area contributed by atoms with Crippen LogP contribution in [0.4, 0.5) is 4.79 Å². The lowest BCUT2D eigenvalue weighted by atomic mass is 9.49. The molecule has 5 fully saturated rings. The van der Waals surface area contributed by atoms with E-state index in [-0.39, 0.29) is 6.03 Å². The molecule has 0 unspecified atom stereocenters. The number of nitrogens with zero attached hydrogens (tertiary/aromatic N) is 3. The molecular formula is C21H32N4O2. The van der Waals surface area contributed by atoms with Crippen molar-refractivity contribution < 1.29 is 9.32 Å². The molecule has 1 aromatic heterocycles. The van der Waals surface area contributed by atoms with Gasteiger partial charge in [0.25, 0.3) is 0 Å². The van der Waals surface area contributed by atoms with Crippen molar-refractivity contribution in [2.75, 3.05) is 32.7 Å². The number of piperazine rings is 1. The number of aromatic nitrogens is 1. The van der Waals surface area contributed by atoms with E-state index in [4.69, 9.17) is 4.52 Å². The van der Waals surface area contributed by atoms with E-state index in [0.717, 1.165) is 68.5 Å². The first-order chi connectivity index (χ1) is 13.1. The van der Waals surface area contributed by atoms with Gasteiger partial charge in [-0.3, -0.25) is 4.90 Å². The molecule has 1 saturated heterocycles. The van der Waals surface area contributed by atoms with Gasteiger partial charge in [-0.15, -0.1) is 0 Å². The molecule has 6 heteroatoms. The van der Waals surface area contributed by atoms with Crippen molar-refractivity contribution in [3.05, 3.63) is 17.5 Å². The van der Waals surface area contributed by atoms with Crippen LogP contribution in [0.5, 0.6) is 0 Å². The highest BCUT2D eigenvalue weighted by atomic mass is 16.5. The van der Waals surface area contributed by atoms with E-state index in [1.165, 1.54) is 38.5 Å². The second kappa shape index (κ2) is 6.80. The van der Waals surface area contributed by atoms with Gasteiger partial charge in [-0.2, -0.15) is 0 Å². The Morgan fingerprint density at radius 3 is 2.33 bits per heavy atom. The average molecular weight is 373 g/mol. The van der Waals surface area contributed by atoms with Crippen LogP contribution in [0.1, 0.15) is 50.0 Å². The summed E-state index contributed by atoms with van der Waals surface area (Å²) in [5, 5.41) is 7.39. The lowest BCUT2D eigenvalue weighted by Gasteiger charge is -2.57. The van der Waals surface area contributed by atoms with Crippen LogP contribution in [0.25, 0.3) is 0 Å². The molecule has 6 rings (SSSR count). The highest BCUT2D eigenvalue weighted by molar-refractivity contribution is 5.74. The SMILES string of the molecule is Cc1cc(CN2CCN(C(=O)NCC34CC5CC(CC(C5)C3)C4)CC2)no1. The van der Waals surface area contributed by atoms with Crippen LogP contribution < -0.4 is 5.32 Å². The van der Waals surface area contributed by atoms with Crippen molar-refractivity contribution >= 4 is 6.03 Å². The first-order valence-electron chi connectivity index (χ1n) is 10.7. The van der Waals surface area contributed by atoms with Gasteiger partial charge < -0.3 is 14.7 Å². The molecule has 2 heterocycles. The molecule has 1 N–H and O–H groups in total. The van der Waals surface area contributed by atoms with Crippen LogP contribution in [-0.2, 0) is 6.54 Å². The first-order valence-corrected chi connectivity index (χ1v) is 10.7. The second-order valence-electron chi connectivity index (χ2n) is 9.77. The molecule has 5 aliphatic rings. The molecule has 0 radical (unpaired) electrons. The Bertz CT molecular complexity index is 657. The summed E-state index contributed by atoms with van der Waals surface area (Å²) in [5.74, 6) is 3.68. The maximum Gasteiger partial charge on any atom is 0.317 e. The Labute approximate surface area is 161 Å². The predicted octanol–water partition coefficient (Wildman–Crippen LogP) is 3.03. The molecular weight excluding hydrogens is 340 g/mol. The predicted molar refractivity (Wildman–Crippen MR) is 102 cm³/mol. The molecule has 0 aromatic carbocycles. The number of urea groups is 1. The van der Waals surface area contributed by atoms with Crippen molar-refractivity contribution in [2.24, 2.45) is 23.2 Å². The maximum absolute atomic E-state index is 12.7. The van der Waals surface area contributed by atoms with Crippen LogP contribution in [-0.4, -0.2) is 53.7 Å². The Morgan fingerprint density at radius 1 is 1.15 bits per heavy atom. The third-order valence-corrected chi connectivity index (χ3v) is 7.50. The number of amides is 2. The van der Waals surface area contributed by atoms with Crippen molar-refractivity contribution in [3.63, 3.8) is 0 Å². The van der Waals surface area contributed by atoms with Gasteiger partial charge >= 0.3 is 6.03 Å². The monoisotopic (exact) mass is 372 g/mol. The summed E-state index contributed by atoms with van der Waals surface area (Å²) in [7, 11) is 0. The van der Waals surface area contributed by atoms with E-state index in [0.29, 0.717) is 5.41 Å². The van der Waals surface area contributed by atoms with Crippen molar-refractivity contribution in [3.8, 4) is 0 Å². The molecule has 4 saturated carbocycles. The van der Waals surface area contributed by atoms with Gasteiger partial charge in [-0.25, -0.2) is 4.79 Å². The van der Waals surface area contributed by atoms with Crippen LogP contribution in [0.2, 0.25) is 0 Å². The molecule has 148 valence electrons. The molecule has 1 aliphatic heterocycles. The molecule has 6 nitrogen and oxygen atoms in total. The van der Waals surface area contributed by atoms with Crippen LogP contribution in [0.3, 0.4) is 0 Å². The number of carbonyl (C=O) groups excluding carboxylic acids is 1. The summed E-state index contributed by atoms with van der Waals surface area (Å²) < 4.78 is 5.15. The smallest absolute Gasteiger partial charge is 0.317 e. The maximum atomic E-state index is 12.7. The van der Waals surface area contributed by atoms with Gasteiger partial charge in [0.1, 0.15) is 5.76 Å². The Hall–Kier alpha value is -1.56. The van der Waals surface area contributed by atoms with Gasteiger partial charge in [-0.1, -0.05) is 5.16 Å². The van der Waals surface area contributed by atoms with Crippen molar-refractivity contribution in [2.45, 2.75) is 52.0 Å². The molecule has 4 bridgehead atoms. The topological polar surface area (TPSA) is 61.6 Å². The fourth-order valence-corrected chi connectivity index (χ4v) is 6.71. The number of carbonyl (C=O) groups is 1. The van der Waals surface area contributed by atoms with E-state index < -0.39 is 0 Å². The Balaban J connectivity index is 1.10. The lowest BCUT2D eigenvalue weighted by molar-refractivity contribution is -0.0503. The Kier molecular flexibility index (Phi) is 4.42.